The highest BCUT2D eigenvalue weighted by Crippen LogP contribution is 2.16. The van der Waals surface area contributed by atoms with Gasteiger partial charge in [0.05, 0.1) is 5.69 Å². The summed E-state index contributed by atoms with van der Waals surface area (Å²) in [6.07, 6.45) is 1.79. The highest BCUT2D eigenvalue weighted by molar-refractivity contribution is 5.03. The highest BCUT2D eigenvalue weighted by Gasteiger charge is 2.19. The Hall–Kier alpha value is -0.870. The first-order chi connectivity index (χ1) is 7.41. The second-order valence-electron chi connectivity index (χ2n) is 5.52. The second kappa shape index (κ2) is 5.46. The fraction of sp³-hybridized carbons (Fsp3) is 0.750. The van der Waals surface area contributed by atoms with Crippen molar-refractivity contribution in [3.05, 3.63) is 18.0 Å². The third kappa shape index (κ3) is 4.33. The summed E-state index contributed by atoms with van der Waals surface area (Å²) in [6, 6.07) is 2.33. The SMILES string of the molecule is CC(NCC(C)(C)CN(C)C)c1ccn[nH]1. The van der Waals surface area contributed by atoms with Crippen LogP contribution in [0.1, 0.15) is 32.5 Å². The van der Waals surface area contributed by atoms with Crippen molar-refractivity contribution < 1.29 is 0 Å². The molecular formula is C12H24N4. The third-order valence-corrected chi connectivity index (χ3v) is 2.62. The number of hydrogen-bond acceptors (Lipinski definition) is 3. The zero-order valence-corrected chi connectivity index (χ0v) is 11.0. The molecule has 0 aromatic carbocycles. The molecule has 0 amide bonds. The average Bonchev–Trinajstić information content (AvgIpc) is 2.64. The Morgan fingerprint density at radius 3 is 2.69 bits per heavy atom. The lowest BCUT2D eigenvalue weighted by atomic mass is 9.92. The van der Waals surface area contributed by atoms with E-state index in [1.54, 1.807) is 6.20 Å². The van der Waals surface area contributed by atoms with Crippen LogP contribution in [0.15, 0.2) is 12.3 Å². The van der Waals surface area contributed by atoms with E-state index in [9.17, 15) is 0 Å². The molecule has 0 radical (unpaired) electrons. The number of nitrogens with one attached hydrogen (secondary N) is 2. The molecule has 4 nitrogen and oxygen atoms in total. The summed E-state index contributed by atoms with van der Waals surface area (Å²) in [5.74, 6) is 0. The van der Waals surface area contributed by atoms with E-state index in [1.165, 1.54) is 0 Å². The van der Waals surface area contributed by atoms with E-state index in [4.69, 9.17) is 0 Å². The Morgan fingerprint density at radius 1 is 1.50 bits per heavy atom. The van der Waals surface area contributed by atoms with Gasteiger partial charge < -0.3 is 10.2 Å². The van der Waals surface area contributed by atoms with Gasteiger partial charge in [0.1, 0.15) is 0 Å². The predicted molar refractivity (Wildman–Crippen MR) is 67.3 cm³/mol. The van der Waals surface area contributed by atoms with Gasteiger partial charge in [-0.05, 0) is 32.5 Å². The quantitative estimate of drug-likeness (QED) is 0.772. The fourth-order valence-corrected chi connectivity index (χ4v) is 1.96. The van der Waals surface area contributed by atoms with Crippen molar-refractivity contribution in [1.29, 1.82) is 0 Å². The minimum absolute atomic E-state index is 0.276. The maximum atomic E-state index is 3.96. The van der Waals surface area contributed by atoms with Crippen LogP contribution in [0.2, 0.25) is 0 Å². The molecule has 4 heteroatoms. The van der Waals surface area contributed by atoms with Gasteiger partial charge in [0, 0.05) is 25.3 Å². The Kier molecular flexibility index (Phi) is 4.50. The fourth-order valence-electron chi connectivity index (χ4n) is 1.96. The summed E-state index contributed by atoms with van der Waals surface area (Å²) in [7, 11) is 4.22. The Labute approximate surface area is 98.4 Å². The number of hydrogen-bond donors (Lipinski definition) is 2. The molecule has 16 heavy (non-hydrogen) atoms. The van der Waals surface area contributed by atoms with Crippen LogP contribution in [0.5, 0.6) is 0 Å². The second-order valence-corrected chi connectivity index (χ2v) is 5.52. The molecule has 2 N–H and O–H groups in total. The zero-order valence-electron chi connectivity index (χ0n) is 11.0. The van der Waals surface area contributed by atoms with Gasteiger partial charge in [-0.1, -0.05) is 13.8 Å². The minimum Gasteiger partial charge on any atom is -0.309 e. The zero-order chi connectivity index (χ0) is 12.2. The molecule has 0 saturated heterocycles. The summed E-state index contributed by atoms with van der Waals surface area (Å²) >= 11 is 0. The van der Waals surface area contributed by atoms with Crippen molar-refractivity contribution in [2.75, 3.05) is 27.2 Å². The third-order valence-electron chi connectivity index (χ3n) is 2.62. The van der Waals surface area contributed by atoms with Crippen molar-refractivity contribution in [3.63, 3.8) is 0 Å². The lowest BCUT2D eigenvalue weighted by Crippen LogP contribution is -2.38. The van der Waals surface area contributed by atoms with Crippen LogP contribution in [0.3, 0.4) is 0 Å². The summed E-state index contributed by atoms with van der Waals surface area (Å²) in [5.41, 5.74) is 1.42. The maximum Gasteiger partial charge on any atom is 0.0518 e. The molecule has 1 heterocycles. The van der Waals surface area contributed by atoms with Crippen molar-refractivity contribution in [3.8, 4) is 0 Å². The number of aromatic amines is 1. The molecule has 0 aliphatic heterocycles. The number of H-pyrrole nitrogens is 1. The number of nitrogens with zero attached hydrogens (tertiary/aromatic N) is 2. The summed E-state index contributed by atoms with van der Waals surface area (Å²) in [5, 5.41) is 10.5. The maximum absolute atomic E-state index is 3.96. The normalized spacial score (nSPS) is 14.4. The van der Waals surface area contributed by atoms with Gasteiger partial charge in [-0.25, -0.2) is 0 Å². The molecule has 1 unspecified atom stereocenters. The van der Waals surface area contributed by atoms with Crippen LogP contribution >= 0.6 is 0 Å². The van der Waals surface area contributed by atoms with Crippen molar-refractivity contribution >= 4 is 0 Å². The predicted octanol–water partition coefficient (Wildman–Crippen LogP) is 1.65. The van der Waals surface area contributed by atoms with E-state index in [2.05, 4.69) is 55.3 Å². The van der Waals surface area contributed by atoms with E-state index < -0.39 is 0 Å². The summed E-state index contributed by atoms with van der Waals surface area (Å²) in [4.78, 5) is 2.22. The van der Waals surface area contributed by atoms with Crippen LogP contribution < -0.4 is 5.32 Å². The number of aromatic nitrogens is 2. The first-order valence-corrected chi connectivity index (χ1v) is 5.78. The Bertz CT molecular complexity index is 290. The summed E-state index contributed by atoms with van der Waals surface area (Å²) < 4.78 is 0. The molecule has 1 atom stereocenters. The van der Waals surface area contributed by atoms with Gasteiger partial charge in [0.15, 0.2) is 0 Å². The van der Waals surface area contributed by atoms with Crippen molar-refractivity contribution in [1.82, 2.24) is 20.4 Å². The largest absolute Gasteiger partial charge is 0.309 e. The van der Waals surface area contributed by atoms with Crippen LogP contribution in [0.25, 0.3) is 0 Å². The molecule has 0 spiro atoms. The van der Waals surface area contributed by atoms with Gasteiger partial charge in [0.2, 0.25) is 0 Å². The smallest absolute Gasteiger partial charge is 0.0518 e. The average molecular weight is 224 g/mol. The molecule has 0 fully saturated rings. The molecular weight excluding hydrogens is 200 g/mol. The van der Waals surface area contributed by atoms with Crippen LogP contribution in [-0.4, -0.2) is 42.3 Å². The first-order valence-electron chi connectivity index (χ1n) is 5.78. The first kappa shape index (κ1) is 13.2. The van der Waals surface area contributed by atoms with Gasteiger partial charge in [-0.3, -0.25) is 5.10 Å². The highest BCUT2D eigenvalue weighted by atomic mass is 15.1. The van der Waals surface area contributed by atoms with E-state index in [0.29, 0.717) is 6.04 Å². The van der Waals surface area contributed by atoms with Gasteiger partial charge in [-0.2, -0.15) is 5.10 Å². The topological polar surface area (TPSA) is 44.0 Å². The monoisotopic (exact) mass is 224 g/mol. The molecule has 0 aliphatic rings. The molecule has 1 aromatic heterocycles. The van der Waals surface area contributed by atoms with Gasteiger partial charge in [-0.15, -0.1) is 0 Å². The lowest BCUT2D eigenvalue weighted by molar-refractivity contribution is 0.226. The van der Waals surface area contributed by atoms with Crippen LogP contribution in [0, 0.1) is 5.41 Å². The Balaban J connectivity index is 2.39. The lowest BCUT2D eigenvalue weighted by Gasteiger charge is -2.29. The molecule has 92 valence electrons. The Morgan fingerprint density at radius 2 is 2.19 bits per heavy atom. The van der Waals surface area contributed by atoms with Crippen LogP contribution in [0.4, 0.5) is 0 Å². The van der Waals surface area contributed by atoms with Crippen molar-refractivity contribution in [2.24, 2.45) is 5.41 Å². The molecule has 0 aliphatic carbocycles. The van der Waals surface area contributed by atoms with Crippen molar-refractivity contribution in [2.45, 2.75) is 26.8 Å². The summed E-state index contributed by atoms with van der Waals surface area (Å²) in [6.45, 7) is 8.78. The van der Waals surface area contributed by atoms with E-state index in [1.807, 2.05) is 6.07 Å². The van der Waals surface area contributed by atoms with Gasteiger partial charge >= 0.3 is 0 Å². The molecule has 1 aromatic rings. The van der Waals surface area contributed by atoms with E-state index in [0.717, 1.165) is 18.8 Å². The molecule has 0 bridgehead atoms. The molecule has 1 rings (SSSR count). The van der Waals surface area contributed by atoms with Crippen LogP contribution in [-0.2, 0) is 0 Å². The number of rotatable bonds is 6. The van der Waals surface area contributed by atoms with E-state index >= 15 is 0 Å². The molecule has 0 saturated carbocycles. The van der Waals surface area contributed by atoms with E-state index in [-0.39, 0.29) is 5.41 Å². The standard InChI is InChI=1S/C12H24N4/c1-10(11-6-7-14-15-11)13-8-12(2,3)9-16(4)5/h6-7,10,13H,8-9H2,1-5H3,(H,14,15). The van der Waals surface area contributed by atoms with Gasteiger partial charge in [0.25, 0.3) is 0 Å². The minimum atomic E-state index is 0.276.